The van der Waals surface area contributed by atoms with Gasteiger partial charge in [-0.2, -0.15) is 0 Å². The molecule has 0 radical (unpaired) electrons. The molecule has 3 nitrogen and oxygen atoms in total. The molecule has 0 aromatic heterocycles. The molecule has 0 bridgehead atoms. The topological polar surface area (TPSA) is 50.1 Å². The van der Waals surface area contributed by atoms with E-state index < -0.39 is 0 Å². The summed E-state index contributed by atoms with van der Waals surface area (Å²) in [5, 5.41) is 6.70. The van der Waals surface area contributed by atoms with E-state index in [1.54, 1.807) is 5.57 Å². The number of likely N-dealkylation sites (N-methyl/N-ethyl adjacent to an activating group) is 1. The fourth-order valence-corrected chi connectivity index (χ4v) is 3.00. The first kappa shape index (κ1) is 14.5. The summed E-state index contributed by atoms with van der Waals surface area (Å²) in [5.74, 6) is 0.730. The van der Waals surface area contributed by atoms with E-state index >= 15 is 0 Å². The Kier molecular flexibility index (Phi) is 5.83. The Hall–Kier alpha value is -0.900. The Morgan fingerprint density at radius 3 is 2.74 bits per heavy atom. The zero-order valence-electron chi connectivity index (χ0n) is 12.0. The Balaban J connectivity index is 2.13. The molecule has 4 N–H and O–H groups in total. The first-order valence-corrected chi connectivity index (χ1v) is 7.49. The third kappa shape index (κ3) is 4.03. The average Bonchev–Trinajstić information content (AvgIpc) is 2.49. The molecule has 2 rings (SSSR count). The summed E-state index contributed by atoms with van der Waals surface area (Å²) in [6.45, 7) is 3.97. The smallest absolute Gasteiger partial charge is 0.0140 e. The molecule has 0 amide bonds. The molecule has 0 aromatic rings. The molecular weight excluding hydrogens is 234 g/mol. The maximum absolute atomic E-state index is 5.72. The third-order valence-corrected chi connectivity index (χ3v) is 4.17. The Morgan fingerprint density at radius 1 is 1.37 bits per heavy atom. The lowest BCUT2D eigenvalue weighted by molar-refractivity contribution is 0.420. The predicted molar refractivity (Wildman–Crippen MR) is 82.1 cm³/mol. The summed E-state index contributed by atoms with van der Waals surface area (Å²) in [4.78, 5) is 0. The van der Waals surface area contributed by atoms with Crippen LogP contribution in [-0.4, -0.2) is 33.2 Å². The van der Waals surface area contributed by atoms with Gasteiger partial charge in [0.2, 0.25) is 0 Å². The largest absolute Gasteiger partial charge is 0.327 e. The lowest BCUT2D eigenvalue weighted by Crippen LogP contribution is -2.29. The quantitative estimate of drug-likeness (QED) is 0.706. The van der Waals surface area contributed by atoms with Crippen LogP contribution < -0.4 is 16.4 Å². The Bertz CT molecular complexity index is 373. The maximum Gasteiger partial charge on any atom is 0.0140 e. The van der Waals surface area contributed by atoms with Crippen molar-refractivity contribution in [1.29, 1.82) is 0 Å². The summed E-state index contributed by atoms with van der Waals surface area (Å²) >= 11 is 0. The lowest BCUT2D eigenvalue weighted by Gasteiger charge is -2.28. The summed E-state index contributed by atoms with van der Waals surface area (Å²) < 4.78 is 0. The van der Waals surface area contributed by atoms with E-state index in [1.165, 1.54) is 24.0 Å². The minimum atomic E-state index is 0.701. The predicted octanol–water partition coefficient (Wildman–Crippen LogP) is 1.74. The number of hydrogen-bond acceptors (Lipinski definition) is 3. The summed E-state index contributed by atoms with van der Waals surface area (Å²) in [6, 6.07) is 0. The molecule has 1 aliphatic heterocycles. The summed E-state index contributed by atoms with van der Waals surface area (Å²) in [5.41, 5.74) is 10.2. The third-order valence-electron chi connectivity index (χ3n) is 4.17. The van der Waals surface area contributed by atoms with Gasteiger partial charge in [-0.15, -0.1) is 0 Å². The molecule has 0 atom stereocenters. The molecule has 1 saturated heterocycles. The van der Waals surface area contributed by atoms with E-state index in [9.17, 15) is 0 Å². The first-order valence-electron chi connectivity index (χ1n) is 7.49. The zero-order valence-corrected chi connectivity index (χ0v) is 12.0. The highest BCUT2D eigenvalue weighted by molar-refractivity contribution is 5.40. The van der Waals surface area contributed by atoms with Gasteiger partial charge in [0, 0.05) is 13.1 Å². The fourth-order valence-electron chi connectivity index (χ4n) is 3.00. The number of hydrogen-bond donors (Lipinski definition) is 3. The molecule has 2 aliphatic rings. The number of nitrogens with two attached hydrogens (primary N) is 1. The number of allylic oxidation sites excluding steroid dienone is 4. The van der Waals surface area contributed by atoms with Crippen LogP contribution >= 0.6 is 0 Å². The lowest BCUT2D eigenvalue weighted by atomic mass is 9.81. The van der Waals surface area contributed by atoms with Gasteiger partial charge >= 0.3 is 0 Å². The van der Waals surface area contributed by atoms with Crippen LogP contribution in [0.1, 0.15) is 25.7 Å². The first-order chi connectivity index (χ1) is 9.35. The van der Waals surface area contributed by atoms with Gasteiger partial charge < -0.3 is 16.4 Å². The molecule has 19 heavy (non-hydrogen) atoms. The van der Waals surface area contributed by atoms with Gasteiger partial charge in [0.05, 0.1) is 0 Å². The van der Waals surface area contributed by atoms with E-state index in [4.69, 9.17) is 5.73 Å². The summed E-state index contributed by atoms with van der Waals surface area (Å²) in [6.07, 6.45) is 11.7. The second kappa shape index (κ2) is 7.63. The minimum Gasteiger partial charge on any atom is -0.327 e. The van der Waals surface area contributed by atoms with Crippen LogP contribution in [0.5, 0.6) is 0 Å². The van der Waals surface area contributed by atoms with E-state index in [1.807, 2.05) is 7.05 Å². The van der Waals surface area contributed by atoms with Crippen LogP contribution in [-0.2, 0) is 0 Å². The van der Waals surface area contributed by atoms with Gasteiger partial charge in [0.1, 0.15) is 0 Å². The molecule has 0 saturated carbocycles. The maximum atomic E-state index is 5.72. The van der Waals surface area contributed by atoms with Gasteiger partial charge in [0.15, 0.2) is 0 Å². The highest BCUT2D eigenvalue weighted by Crippen LogP contribution is 2.32. The van der Waals surface area contributed by atoms with Crippen LogP contribution in [0.4, 0.5) is 0 Å². The average molecular weight is 261 g/mol. The number of nitrogens with one attached hydrogen (secondary N) is 2. The monoisotopic (exact) mass is 261 g/mol. The van der Waals surface area contributed by atoms with Gasteiger partial charge in [-0.25, -0.2) is 0 Å². The normalized spacial score (nSPS) is 22.1. The van der Waals surface area contributed by atoms with Crippen molar-refractivity contribution in [3.05, 3.63) is 34.9 Å². The summed E-state index contributed by atoms with van der Waals surface area (Å²) in [7, 11) is 2.01. The minimum absolute atomic E-state index is 0.701. The molecule has 1 fully saturated rings. The Morgan fingerprint density at radius 2 is 2.16 bits per heavy atom. The zero-order chi connectivity index (χ0) is 13.5. The van der Waals surface area contributed by atoms with E-state index in [0.29, 0.717) is 6.54 Å². The van der Waals surface area contributed by atoms with Crippen LogP contribution in [0.3, 0.4) is 0 Å². The van der Waals surface area contributed by atoms with Crippen LogP contribution in [0.15, 0.2) is 34.9 Å². The van der Waals surface area contributed by atoms with E-state index in [0.717, 1.165) is 38.4 Å². The van der Waals surface area contributed by atoms with Gasteiger partial charge in [0.25, 0.3) is 0 Å². The molecule has 0 spiro atoms. The molecule has 106 valence electrons. The van der Waals surface area contributed by atoms with E-state index in [-0.39, 0.29) is 0 Å². The van der Waals surface area contributed by atoms with Crippen molar-refractivity contribution in [3.63, 3.8) is 0 Å². The Labute approximate surface area is 117 Å². The van der Waals surface area contributed by atoms with Gasteiger partial charge in [-0.05, 0) is 62.9 Å². The SMILES string of the molecule is CNC/C=C(/C1=CC=C(CN)CC1)C1CCNCC1. The second-order valence-corrected chi connectivity index (χ2v) is 5.46. The van der Waals surface area contributed by atoms with Crippen molar-refractivity contribution in [2.75, 3.05) is 33.2 Å². The van der Waals surface area contributed by atoms with Crippen LogP contribution in [0, 0.1) is 5.92 Å². The van der Waals surface area contributed by atoms with Crippen molar-refractivity contribution >= 4 is 0 Å². The van der Waals surface area contributed by atoms with Gasteiger partial charge in [-0.3, -0.25) is 0 Å². The number of piperidine rings is 1. The molecular formula is C16H27N3. The van der Waals surface area contributed by atoms with Crippen molar-refractivity contribution in [1.82, 2.24) is 10.6 Å². The molecule has 0 unspecified atom stereocenters. The van der Waals surface area contributed by atoms with Crippen LogP contribution in [0.25, 0.3) is 0 Å². The molecule has 0 aromatic carbocycles. The van der Waals surface area contributed by atoms with Crippen LogP contribution in [0.2, 0.25) is 0 Å². The van der Waals surface area contributed by atoms with E-state index in [2.05, 4.69) is 28.9 Å². The van der Waals surface area contributed by atoms with Crippen molar-refractivity contribution in [2.45, 2.75) is 25.7 Å². The molecule has 1 heterocycles. The van der Waals surface area contributed by atoms with Crippen molar-refractivity contribution < 1.29 is 0 Å². The standard InChI is InChI=1S/C16H27N3/c1-18-9-8-16(15-6-10-19-11-7-15)14-4-2-13(12-17)3-5-14/h2,4,8,15,18-19H,3,5-7,9-12,17H2,1H3/b16-8-. The highest BCUT2D eigenvalue weighted by atomic mass is 14.9. The molecule has 3 heteroatoms. The van der Waals surface area contributed by atoms with Crippen molar-refractivity contribution in [2.24, 2.45) is 11.7 Å². The fraction of sp³-hybridized carbons (Fsp3) is 0.625. The van der Waals surface area contributed by atoms with Crippen molar-refractivity contribution in [3.8, 4) is 0 Å². The molecule has 1 aliphatic carbocycles. The second-order valence-electron chi connectivity index (χ2n) is 5.46. The van der Waals surface area contributed by atoms with Gasteiger partial charge in [-0.1, -0.05) is 23.8 Å². The highest BCUT2D eigenvalue weighted by Gasteiger charge is 2.20. The number of rotatable bonds is 5.